The Morgan fingerprint density at radius 2 is 1.77 bits per heavy atom. The molecule has 2 amide bonds. The van der Waals surface area contributed by atoms with Crippen LogP contribution < -0.4 is 10.6 Å². The van der Waals surface area contributed by atoms with E-state index in [-0.39, 0.29) is 17.9 Å². The molecule has 0 spiro atoms. The fourth-order valence-corrected chi connectivity index (χ4v) is 4.34. The number of ether oxygens (including phenoxy) is 1. The number of carbonyl (C=O) groups excluding carboxylic acids is 2. The first-order valence-corrected chi connectivity index (χ1v) is 11.2. The summed E-state index contributed by atoms with van der Waals surface area (Å²) < 4.78 is 5.56. The van der Waals surface area contributed by atoms with Gasteiger partial charge >= 0.3 is 0 Å². The summed E-state index contributed by atoms with van der Waals surface area (Å²) >= 11 is 0. The van der Waals surface area contributed by atoms with E-state index in [1.54, 1.807) is 0 Å². The van der Waals surface area contributed by atoms with Crippen molar-refractivity contribution in [3.05, 3.63) is 70.8 Å². The molecule has 0 saturated carbocycles. The van der Waals surface area contributed by atoms with E-state index in [4.69, 9.17) is 4.74 Å². The van der Waals surface area contributed by atoms with Crippen LogP contribution in [0.4, 0.5) is 0 Å². The van der Waals surface area contributed by atoms with Gasteiger partial charge in [-0.2, -0.15) is 0 Å². The van der Waals surface area contributed by atoms with Crippen LogP contribution in [0, 0.1) is 0 Å². The van der Waals surface area contributed by atoms with Gasteiger partial charge in [0.2, 0.25) is 5.91 Å². The molecule has 2 aromatic rings. The summed E-state index contributed by atoms with van der Waals surface area (Å²) in [7, 11) is 0. The molecule has 6 heteroatoms. The molecular weight excluding hydrogens is 390 g/mol. The van der Waals surface area contributed by atoms with Gasteiger partial charge in [0.05, 0.1) is 13.2 Å². The molecule has 0 bridgehead atoms. The number of rotatable bonds is 2. The van der Waals surface area contributed by atoms with Gasteiger partial charge in [0.25, 0.3) is 5.91 Å². The first-order chi connectivity index (χ1) is 15.2. The average molecular weight is 422 g/mol. The number of hydrogen-bond acceptors (Lipinski definition) is 4. The van der Waals surface area contributed by atoms with Gasteiger partial charge in [-0.3, -0.25) is 9.59 Å². The molecule has 164 valence electrons. The number of amides is 2. The SMILES string of the molecule is O=C1CC(c2ccccc2)NCCCN(C(=O)c2cccc3c2COC3)CCCCN1. The summed E-state index contributed by atoms with van der Waals surface area (Å²) in [5.41, 5.74) is 4.03. The number of nitrogens with zero attached hydrogens (tertiary/aromatic N) is 1. The quantitative estimate of drug-likeness (QED) is 0.781. The molecule has 1 fully saturated rings. The van der Waals surface area contributed by atoms with Gasteiger partial charge in [-0.05, 0) is 48.6 Å². The molecule has 1 atom stereocenters. The zero-order valence-electron chi connectivity index (χ0n) is 17.9. The summed E-state index contributed by atoms with van der Waals surface area (Å²) in [6.07, 6.45) is 2.98. The lowest BCUT2D eigenvalue weighted by molar-refractivity contribution is -0.121. The largest absolute Gasteiger partial charge is 0.372 e. The van der Waals surface area contributed by atoms with Crippen molar-refractivity contribution in [2.24, 2.45) is 0 Å². The Kier molecular flexibility index (Phi) is 7.33. The third kappa shape index (κ3) is 5.51. The predicted molar refractivity (Wildman–Crippen MR) is 120 cm³/mol. The molecule has 0 radical (unpaired) electrons. The highest BCUT2D eigenvalue weighted by atomic mass is 16.5. The van der Waals surface area contributed by atoms with Crippen molar-refractivity contribution < 1.29 is 14.3 Å². The number of nitrogens with one attached hydrogen (secondary N) is 2. The zero-order chi connectivity index (χ0) is 21.5. The lowest BCUT2D eigenvalue weighted by Gasteiger charge is -2.24. The molecule has 31 heavy (non-hydrogen) atoms. The Hall–Kier alpha value is -2.70. The second-order valence-electron chi connectivity index (χ2n) is 8.26. The van der Waals surface area contributed by atoms with Crippen LogP contribution in [0.1, 0.15) is 58.8 Å². The van der Waals surface area contributed by atoms with E-state index in [1.807, 2.05) is 41.3 Å². The van der Waals surface area contributed by atoms with E-state index in [1.165, 1.54) is 0 Å². The second kappa shape index (κ2) is 10.6. The van der Waals surface area contributed by atoms with Gasteiger partial charge in [-0.25, -0.2) is 0 Å². The monoisotopic (exact) mass is 421 g/mol. The van der Waals surface area contributed by atoms with Crippen LogP contribution in [0.3, 0.4) is 0 Å². The minimum absolute atomic E-state index is 0.0272. The fraction of sp³-hybridized carbons (Fsp3) is 0.440. The molecule has 2 aliphatic rings. The van der Waals surface area contributed by atoms with Crippen molar-refractivity contribution in [1.29, 1.82) is 0 Å². The average Bonchev–Trinajstić information content (AvgIpc) is 3.28. The summed E-state index contributed by atoms with van der Waals surface area (Å²) in [5.74, 6) is 0.147. The predicted octanol–water partition coefficient (Wildman–Crippen LogP) is 3.18. The summed E-state index contributed by atoms with van der Waals surface area (Å²) in [5, 5.41) is 6.56. The second-order valence-corrected chi connectivity index (χ2v) is 8.26. The molecular formula is C25H31N3O3. The van der Waals surface area contributed by atoms with E-state index >= 15 is 0 Å². The third-order valence-corrected chi connectivity index (χ3v) is 6.06. The first-order valence-electron chi connectivity index (χ1n) is 11.2. The smallest absolute Gasteiger partial charge is 0.254 e. The van der Waals surface area contributed by atoms with Crippen LogP contribution in [-0.2, 0) is 22.7 Å². The highest BCUT2D eigenvalue weighted by molar-refractivity contribution is 5.96. The number of hydrogen-bond donors (Lipinski definition) is 2. The Balaban J connectivity index is 1.45. The molecule has 6 nitrogen and oxygen atoms in total. The van der Waals surface area contributed by atoms with E-state index < -0.39 is 0 Å². The van der Waals surface area contributed by atoms with Crippen LogP contribution in [0.2, 0.25) is 0 Å². The van der Waals surface area contributed by atoms with Crippen LogP contribution >= 0.6 is 0 Å². The molecule has 0 aromatic heterocycles. The normalized spacial score (nSPS) is 20.7. The third-order valence-electron chi connectivity index (χ3n) is 6.06. The van der Waals surface area contributed by atoms with E-state index in [2.05, 4.69) is 22.8 Å². The van der Waals surface area contributed by atoms with Crippen molar-refractivity contribution in [3.8, 4) is 0 Å². The van der Waals surface area contributed by atoms with E-state index in [9.17, 15) is 9.59 Å². The van der Waals surface area contributed by atoms with Crippen molar-refractivity contribution >= 4 is 11.8 Å². The maximum atomic E-state index is 13.4. The van der Waals surface area contributed by atoms with Gasteiger partial charge in [-0.15, -0.1) is 0 Å². The number of carbonyl (C=O) groups is 2. The molecule has 2 aliphatic heterocycles. The topological polar surface area (TPSA) is 70.7 Å². The zero-order valence-corrected chi connectivity index (χ0v) is 17.9. The summed E-state index contributed by atoms with van der Waals surface area (Å²) in [4.78, 5) is 27.7. The number of benzene rings is 2. The van der Waals surface area contributed by atoms with Crippen LogP contribution in [-0.4, -0.2) is 42.9 Å². The van der Waals surface area contributed by atoms with E-state index in [0.29, 0.717) is 39.3 Å². The Morgan fingerprint density at radius 1 is 0.935 bits per heavy atom. The lowest BCUT2D eigenvalue weighted by atomic mass is 10.0. The molecule has 2 aromatic carbocycles. The first kappa shape index (κ1) is 21.5. The lowest BCUT2D eigenvalue weighted by Crippen LogP contribution is -2.35. The standard InChI is InChI=1S/C25H31N3O3/c29-24-16-23(19-8-2-1-3-9-19)26-13-7-15-28(14-5-4-12-27-24)25(30)21-11-6-10-20-17-31-18-22(20)21/h1-3,6,8-11,23,26H,4-5,7,12-18H2,(H,27,29). The van der Waals surface area contributed by atoms with Crippen molar-refractivity contribution in [3.63, 3.8) is 0 Å². The summed E-state index contributed by atoms with van der Waals surface area (Å²) in [6, 6.07) is 16.0. The molecule has 1 unspecified atom stereocenters. The minimum atomic E-state index is -0.0272. The maximum absolute atomic E-state index is 13.4. The molecule has 2 heterocycles. The fourth-order valence-electron chi connectivity index (χ4n) is 4.34. The molecule has 4 rings (SSSR count). The van der Waals surface area contributed by atoms with Crippen LogP contribution in [0.25, 0.3) is 0 Å². The Morgan fingerprint density at radius 3 is 2.65 bits per heavy atom. The van der Waals surface area contributed by atoms with Gasteiger partial charge in [0.1, 0.15) is 0 Å². The molecule has 1 saturated heterocycles. The van der Waals surface area contributed by atoms with Crippen molar-refractivity contribution in [1.82, 2.24) is 15.5 Å². The highest BCUT2D eigenvalue weighted by Gasteiger charge is 2.23. The van der Waals surface area contributed by atoms with E-state index in [0.717, 1.165) is 48.1 Å². The maximum Gasteiger partial charge on any atom is 0.254 e. The van der Waals surface area contributed by atoms with Gasteiger partial charge < -0.3 is 20.3 Å². The Bertz CT molecular complexity index is 900. The Labute approximate surface area is 184 Å². The van der Waals surface area contributed by atoms with Gasteiger partial charge in [0.15, 0.2) is 0 Å². The number of fused-ring (bicyclic) bond motifs is 1. The van der Waals surface area contributed by atoms with Gasteiger partial charge in [0, 0.05) is 37.7 Å². The molecule has 0 aliphatic carbocycles. The minimum Gasteiger partial charge on any atom is -0.372 e. The van der Waals surface area contributed by atoms with Crippen LogP contribution in [0.15, 0.2) is 48.5 Å². The molecule has 2 N–H and O–H groups in total. The summed E-state index contributed by atoms with van der Waals surface area (Å²) in [6.45, 7) is 3.86. The highest BCUT2D eigenvalue weighted by Crippen LogP contribution is 2.25. The van der Waals surface area contributed by atoms with Crippen molar-refractivity contribution in [2.75, 3.05) is 26.2 Å². The van der Waals surface area contributed by atoms with Gasteiger partial charge in [-0.1, -0.05) is 42.5 Å². The van der Waals surface area contributed by atoms with Crippen LogP contribution in [0.5, 0.6) is 0 Å². The van der Waals surface area contributed by atoms with Crippen molar-refractivity contribution in [2.45, 2.75) is 44.9 Å².